The Morgan fingerprint density at radius 2 is 1.81 bits per heavy atom. The SMILES string of the molecule is Cc1nnc2c(NCCCCNC(=O)OC(C)(C)C)nc3c(C(F)(F)F)cc(F)cc3n12. The summed E-state index contributed by atoms with van der Waals surface area (Å²) in [6.45, 7) is 7.58. The van der Waals surface area contributed by atoms with Gasteiger partial charge in [0.25, 0.3) is 0 Å². The maximum Gasteiger partial charge on any atom is 0.418 e. The average molecular weight is 456 g/mol. The van der Waals surface area contributed by atoms with Crippen molar-refractivity contribution in [3.8, 4) is 0 Å². The zero-order valence-electron chi connectivity index (χ0n) is 18.1. The monoisotopic (exact) mass is 456 g/mol. The Bertz CT molecular complexity index is 1140. The fourth-order valence-electron chi connectivity index (χ4n) is 3.13. The van der Waals surface area contributed by atoms with Gasteiger partial charge in [-0.15, -0.1) is 10.2 Å². The van der Waals surface area contributed by atoms with Gasteiger partial charge in [0, 0.05) is 19.2 Å². The van der Waals surface area contributed by atoms with Crippen molar-refractivity contribution in [2.24, 2.45) is 0 Å². The first-order valence-electron chi connectivity index (χ1n) is 10.00. The number of anilines is 1. The topological polar surface area (TPSA) is 93.4 Å². The van der Waals surface area contributed by atoms with Gasteiger partial charge >= 0.3 is 12.3 Å². The summed E-state index contributed by atoms with van der Waals surface area (Å²) in [5, 5.41) is 13.5. The van der Waals surface area contributed by atoms with E-state index in [1.165, 1.54) is 4.40 Å². The quantitative estimate of drug-likeness (QED) is 0.420. The van der Waals surface area contributed by atoms with E-state index in [1.54, 1.807) is 27.7 Å². The van der Waals surface area contributed by atoms with E-state index in [-0.39, 0.29) is 17.0 Å². The summed E-state index contributed by atoms with van der Waals surface area (Å²) in [5.74, 6) is -0.620. The molecular weight excluding hydrogens is 432 g/mol. The maximum atomic E-state index is 13.9. The zero-order chi connectivity index (χ0) is 23.7. The van der Waals surface area contributed by atoms with Crippen molar-refractivity contribution in [2.45, 2.75) is 52.3 Å². The van der Waals surface area contributed by atoms with Crippen LogP contribution in [0.15, 0.2) is 12.1 Å². The Morgan fingerprint density at radius 1 is 1.12 bits per heavy atom. The molecule has 2 heterocycles. The van der Waals surface area contributed by atoms with Crippen molar-refractivity contribution in [3.63, 3.8) is 0 Å². The number of halogens is 4. The third kappa shape index (κ3) is 5.35. The summed E-state index contributed by atoms with van der Waals surface area (Å²) >= 11 is 0. The third-order valence-corrected chi connectivity index (χ3v) is 4.43. The highest BCUT2D eigenvalue weighted by Gasteiger charge is 2.35. The lowest BCUT2D eigenvalue weighted by molar-refractivity contribution is -0.136. The molecule has 3 rings (SSSR count). The van der Waals surface area contributed by atoms with Crippen LogP contribution in [0.5, 0.6) is 0 Å². The van der Waals surface area contributed by atoms with Crippen molar-refractivity contribution in [2.75, 3.05) is 18.4 Å². The minimum atomic E-state index is -4.78. The number of ether oxygens (including phenoxy) is 1. The number of unbranched alkanes of at least 4 members (excludes halogenated alkanes) is 1. The fraction of sp³-hybridized carbons (Fsp3) is 0.500. The molecule has 0 saturated heterocycles. The van der Waals surface area contributed by atoms with Gasteiger partial charge in [-0.25, -0.2) is 14.2 Å². The first-order chi connectivity index (χ1) is 14.9. The number of nitrogens with one attached hydrogen (secondary N) is 2. The van der Waals surface area contributed by atoms with Crippen molar-refractivity contribution in [1.29, 1.82) is 0 Å². The van der Waals surface area contributed by atoms with Crippen molar-refractivity contribution < 1.29 is 27.1 Å². The van der Waals surface area contributed by atoms with E-state index in [1.807, 2.05) is 0 Å². The van der Waals surface area contributed by atoms with Crippen LogP contribution in [0.4, 0.5) is 28.2 Å². The number of aryl methyl sites for hydroxylation is 1. The largest absolute Gasteiger partial charge is 0.444 e. The second-order valence-electron chi connectivity index (χ2n) is 8.25. The van der Waals surface area contributed by atoms with E-state index in [4.69, 9.17) is 4.74 Å². The fourth-order valence-corrected chi connectivity index (χ4v) is 3.13. The molecule has 174 valence electrons. The van der Waals surface area contributed by atoms with Crippen LogP contribution in [0.2, 0.25) is 0 Å². The molecule has 0 unspecified atom stereocenters. The van der Waals surface area contributed by atoms with Crippen LogP contribution in [0, 0.1) is 12.7 Å². The molecule has 0 bridgehead atoms. The van der Waals surface area contributed by atoms with E-state index in [9.17, 15) is 22.4 Å². The summed E-state index contributed by atoms with van der Waals surface area (Å²) < 4.78 is 60.9. The van der Waals surface area contributed by atoms with Gasteiger partial charge in [0.1, 0.15) is 22.8 Å². The molecule has 12 heteroatoms. The molecule has 2 aromatic heterocycles. The molecule has 1 amide bonds. The van der Waals surface area contributed by atoms with Gasteiger partial charge in [-0.3, -0.25) is 4.40 Å². The Hall–Kier alpha value is -3.18. The minimum absolute atomic E-state index is 0.0677. The Kier molecular flexibility index (Phi) is 6.42. The Labute approximate surface area is 181 Å². The Balaban J connectivity index is 1.76. The lowest BCUT2D eigenvalue weighted by Crippen LogP contribution is -2.33. The summed E-state index contributed by atoms with van der Waals surface area (Å²) in [7, 11) is 0. The molecule has 0 radical (unpaired) electrons. The van der Waals surface area contributed by atoms with Crippen molar-refractivity contribution in [1.82, 2.24) is 24.9 Å². The number of alkyl carbamates (subject to hydrolysis) is 1. The molecule has 0 atom stereocenters. The van der Waals surface area contributed by atoms with Crippen molar-refractivity contribution in [3.05, 3.63) is 29.3 Å². The number of hydrogen-bond acceptors (Lipinski definition) is 6. The third-order valence-electron chi connectivity index (χ3n) is 4.43. The van der Waals surface area contributed by atoms with Crippen LogP contribution in [0.1, 0.15) is 45.0 Å². The first kappa shape index (κ1) is 23.5. The van der Waals surface area contributed by atoms with Gasteiger partial charge in [0.15, 0.2) is 5.82 Å². The van der Waals surface area contributed by atoms with E-state index in [2.05, 4.69) is 25.8 Å². The van der Waals surface area contributed by atoms with E-state index in [0.717, 1.165) is 6.07 Å². The second-order valence-corrected chi connectivity index (χ2v) is 8.25. The highest BCUT2D eigenvalue weighted by atomic mass is 19.4. The van der Waals surface area contributed by atoms with E-state index >= 15 is 0 Å². The van der Waals surface area contributed by atoms with Gasteiger partial charge in [-0.1, -0.05) is 0 Å². The average Bonchev–Trinajstić information content (AvgIpc) is 3.04. The van der Waals surface area contributed by atoms with E-state index < -0.39 is 34.8 Å². The predicted molar refractivity (Wildman–Crippen MR) is 110 cm³/mol. The van der Waals surface area contributed by atoms with Crippen LogP contribution in [-0.4, -0.2) is 44.4 Å². The molecule has 2 N–H and O–H groups in total. The van der Waals surface area contributed by atoms with Gasteiger partial charge in [-0.05, 0) is 46.6 Å². The summed E-state index contributed by atoms with van der Waals surface area (Å²) in [5.41, 5.74) is -2.04. The van der Waals surface area contributed by atoms with Crippen LogP contribution in [-0.2, 0) is 10.9 Å². The van der Waals surface area contributed by atoms with Crippen LogP contribution in [0.25, 0.3) is 16.7 Å². The molecule has 1 aromatic carbocycles. The predicted octanol–water partition coefficient (Wildman–Crippen LogP) is 4.46. The molecule has 0 fully saturated rings. The molecule has 3 aromatic rings. The summed E-state index contributed by atoms with van der Waals surface area (Å²) in [6, 6.07) is 1.40. The molecule has 0 aliphatic carbocycles. The number of fused-ring (bicyclic) bond motifs is 3. The standard InChI is InChI=1S/C20H24F4N6O2/c1-11-28-29-17-16(25-7-5-6-8-26-18(31)32-19(2,3)4)27-15-13(20(22,23)24)9-12(21)10-14(15)30(11)17/h9-10H,5-8H2,1-4H3,(H,25,27)(H,26,31). The van der Waals surface area contributed by atoms with Crippen molar-refractivity contribution >= 4 is 28.6 Å². The molecule has 8 nitrogen and oxygen atoms in total. The van der Waals surface area contributed by atoms with Gasteiger partial charge in [-0.2, -0.15) is 13.2 Å². The molecular formula is C20H24F4N6O2. The maximum absolute atomic E-state index is 13.9. The molecule has 32 heavy (non-hydrogen) atoms. The highest BCUT2D eigenvalue weighted by Crippen LogP contribution is 2.36. The molecule has 0 aliphatic rings. The van der Waals surface area contributed by atoms with Gasteiger partial charge in [0.2, 0.25) is 5.65 Å². The molecule has 0 aliphatic heterocycles. The number of nitrogens with zero attached hydrogens (tertiary/aromatic N) is 4. The lowest BCUT2D eigenvalue weighted by Gasteiger charge is -2.19. The van der Waals surface area contributed by atoms with Crippen LogP contribution >= 0.6 is 0 Å². The van der Waals surface area contributed by atoms with Gasteiger partial charge in [0.05, 0.1) is 11.1 Å². The normalized spacial score (nSPS) is 12.4. The highest BCUT2D eigenvalue weighted by molar-refractivity contribution is 5.86. The Morgan fingerprint density at radius 3 is 2.47 bits per heavy atom. The zero-order valence-corrected chi connectivity index (χ0v) is 18.1. The number of alkyl halides is 3. The molecule has 0 spiro atoms. The van der Waals surface area contributed by atoms with Crippen LogP contribution in [0.3, 0.4) is 0 Å². The number of hydrogen-bond donors (Lipinski definition) is 2. The smallest absolute Gasteiger partial charge is 0.418 e. The summed E-state index contributed by atoms with van der Waals surface area (Å²) in [4.78, 5) is 15.7. The number of rotatable bonds is 6. The molecule has 0 saturated carbocycles. The number of carbonyl (C=O) groups is 1. The van der Waals surface area contributed by atoms with Crippen LogP contribution < -0.4 is 10.6 Å². The first-order valence-corrected chi connectivity index (χ1v) is 10.00. The second kappa shape index (κ2) is 8.75. The summed E-state index contributed by atoms with van der Waals surface area (Å²) in [6.07, 6.45) is -4.12. The van der Waals surface area contributed by atoms with E-state index in [0.29, 0.717) is 37.8 Å². The number of amides is 1. The number of carbonyl (C=O) groups excluding carboxylic acids is 1. The number of aromatic nitrogens is 4. The number of benzene rings is 1. The minimum Gasteiger partial charge on any atom is -0.444 e. The lowest BCUT2D eigenvalue weighted by atomic mass is 10.1. The van der Waals surface area contributed by atoms with Gasteiger partial charge < -0.3 is 15.4 Å².